The van der Waals surface area contributed by atoms with Crippen LogP contribution in [0.25, 0.3) is 0 Å². The van der Waals surface area contributed by atoms with Crippen molar-refractivity contribution in [2.75, 3.05) is 32.1 Å². The molecule has 6 nitrogen and oxygen atoms in total. The Balaban J connectivity index is 1.44. The van der Waals surface area contributed by atoms with Gasteiger partial charge in [0.15, 0.2) is 0 Å². The summed E-state index contributed by atoms with van der Waals surface area (Å²) in [4.78, 5) is 17.7. The monoisotopic (exact) mass is 523 g/mol. The molecule has 4 rings (SSSR count). The molecule has 0 saturated carbocycles. The maximum absolute atomic E-state index is 13.6. The van der Waals surface area contributed by atoms with Gasteiger partial charge in [0.1, 0.15) is 11.5 Å². The first kappa shape index (κ1) is 27.4. The number of halogens is 2. The number of benzene rings is 3. The fraction of sp³-hybridized carbons (Fsp3) is 0.367. The number of hydrogen-bond donors (Lipinski definition) is 1. The van der Waals surface area contributed by atoms with Gasteiger partial charge in [0.2, 0.25) is 0 Å². The number of nitrogens with zero attached hydrogens (tertiary/aromatic N) is 2. The van der Waals surface area contributed by atoms with Gasteiger partial charge in [-0.1, -0.05) is 54.6 Å². The molecule has 0 atom stereocenters. The number of aryl methyl sites for hydroxylation is 1. The second kappa shape index (κ2) is 13.2. The summed E-state index contributed by atoms with van der Waals surface area (Å²) in [6.45, 7) is 1.72. The molecule has 1 fully saturated rings. The number of piperidine rings is 1. The summed E-state index contributed by atoms with van der Waals surface area (Å²) in [7, 11) is 1.59. The second-order valence-corrected chi connectivity index (χ2v) is 9.56. The number of anilines is 1. The van der Waals surface area contributed by atoms with Gasteiger partial charge in [-0.15, -0.1) is 0 Å². The van der Waals surface area contributed by atoms with Crippen LogP contribution in [0, 0.1) is 6.92 Å². The molecular weight excluding hydrogens is 488 g/mol. The van der Waals surface area contributed by atoms with Crippen LogP contribution < -0.4 is 14.8 Å². The number of nitrogens with one attached hydrogen (secondary N) is 1. The highest BCUT2D eigenvalue weighted by Crippen LogP contribution is 2.28. The summed E-state index contributed by atoms with van der Waals surface area (Å²) in [5.41, 5.74) is 3.58. The minimum Gasteiger partial charge on any atom is -0.495 e. The third kappa shape index (κ3) is 7.44. The standard InChI is InChI=1S/C30H35F2N3O3/c1-22-12-13-28(37-2)26(20-22)33-30(36)35(19-14-23-8-4-3-5-9-23)25-15-17-34(18-16-25)21-24-10-6-7-11-27(24)38-29(31)32/h3-13,20,25,29H,14-19,21H2,1-2H3,(H,33,36). The molecular formula is C30H35F2N3O3. The highest BCUT2D eigenvalue weighted by molar-refractivity contribution is 5.91. The van der Waals surface area contributed by atoms with Crippen LogP contribution in [0.3, 0.4) is 0 Å². The molecule has 2 amide bonds. The predicted octanol–water partition coefficient (Wildman–Crippen LogP) is 6.35. The smallest absolute Gasteiger partial charge is 0.387 e. The molecule has 1 saturated heterocycles. The van der Waals surface area contributed by atoms with Gasteiger partial charge in [0.05, 0.1) is 12.8 Å². The predicted molar refractivity (Wildman–Crippen MR) is 145 cm³/mol. The van der Waals surface area contributed by atoms with Crippen molar-refractivity contribution >= 4 is 11.7 Å². The van der Waals surface area contributed by atoms with Crippen molar-refractivity contribution in [2.24, 2.45) is 0 Å². The van der Waals surface area contributed by atoms with Gasteiger partial charge >= 0.3 is 12.6 Å². The van der Waals surface area contributed by atoms with Gasteiger partial charge in [-0.2, -0.15) is 8.78 Å². The Morgan fingerprint density at radius 1 is 1.03 bits per heavy atom. The zero-order valence-corrected chi connectivity index (χ0v) is 21.9. The van der Waals surface area contributed by atoms with Gasteiger partial charge in [-0.05, 0) is 55.5 Å². The SMILES string of the molecule is COc1ccc(C)cc1NC(=O)N(CCc1ccccc1)C1CCN(Cc2ccccc2OC(F)F)CC1. The second-order valence-electron chi connectivity index (χ2n) is 9.56. The topological polar surface area (TPSA) is 54.0 Å². The van der Waals surface area contributed by atoms with Gasteiger partial charge in [-0.25, -0.2) is 4.79 Å². The first-order valence-corrected chi connectivity index (χ1v) is 12.9. The van der Waals surface area contributed by atoms with Crippen LogP contribution in [0.1, 0.15) is 29.5 Å². The van der Waals surface area contributed by atoms with Crippen LogP contribution in [0.15, 0.2) is 72.8 Å². The lowest BCUT2D eigenvalue weighted by Crippen LogP contribution is -2.49. The molecule has 0 unspecified atom stereocenters. The van der Waals surface area contributed by atoms with Crippen molar-refractivity contribution in [3.63, 3.8) is 0 Å². The molecule has 0 bridgehead atoms. The first-order valence-electron chi connectivity index (χ1n) is 12.9. The number of alkyl halides is 2. The Bertz CT molecular complexity index is 1180. The Morgan fingerprint density at radius 3 is 2.45 bits per heavy atom. The number of rotatable bonds is 10. The summed E-state index contributed by atoms with van der Waals surface area (Å²) in [5.74, 6) is 0.826. The van der Waals surface area contributed by atoms with Crippen molar-refractivity contribution in [2.45, 2.75) is 45.4 Å². The van der Waals surface area contributed by atoms with E-state index < -0.39 is 6.61 Å². The molecule has 1 N–H and O–H groups in total. The molecule has 0 aromatic heterocycles. The molecule has 3 aromatic carbocycles. The molecule has 0 spiro atoms. The normalized spacial score (nSPS) is 14.3. The molecule has 8 heteroatoms. The van der Waals surface area contributed by atoms with Crippen LogP contribution in [-0.2, 0) is 13.0 Å². The van der Waals surface area contributed by atoms with Crippen LogP contribution in [-0.4, -0.2) is 55.2 Å². The van der Waals surface area contributed by atoms with E-state index >= 15 is 0 Å². The lowest BCUT2D eigenvalue weighted by Gasteiger charge is -2.39. The van der Waals surface area contributed by atoms with Gasteiger partial charge in [0.25, 0.3) is 0 Å². The van der Waals surface area contributed by atoms with E-state index in [-0.39, 0.29) is 17.8 Å². The number of ether oxygens (including phenoxy) is 2. The minimum absolute atomic E-state index is 0.0540. The molecule has 0 aliphatic carbocycles. The molecule has 38 heavy (non-hydrogen) atoms. The van der Waals surface area contributed by atoms with Crippen LogP contribution in [0.4, 0.5) is 19.3 Å². The van der Waals surface area contributed by atoms with Crippen molar-refractivity contribution in [1.29, 1.82) is 0 Å². The van der Waals surface area contributed by atoms with E-state index in [9.17, 15) is 13.6 Å². The zero-order chi connectivity index (χ0) is 26.9. The maximum Gasteiger partial charge on any atom is 0.387 e. The van der Waals surface area contributed by atoms with Gasteiger partial charge < -0.3 is 19.7 Å². The van der Waals surface area contributed by atoms with Crippen LogP contribution >= 0.6 is 0 Å². The first-order chi connectivity index (χ1) is 18.4. The fourth-order valence-corrected chi connectivity index (χ4v) is 4.93. The van der Waals surface area contributed by atoms with E-state index in [1.54, 1.807) is 19.2 Å². The molecule has 3 aromatic rings. The Morgan fingerprint density at radius 2 is 1.74 bits per heavy atom. The van der Waals surface area contributed by atoms with Crippen LogP contribution in [0.2, 0.25) is 0 Å². The number of carbonyl (C=O) groups excluding carboxylic acids is 1. The van der Waals surface area contributed by atoms with E-state index in [0.717, 1.165) is 43.5 Å². The van der Waals surface area contributed by atoms with Crippen molar-refractivity contribution in [3.8, 4) is 11.5 Å². The molecule has 1 aliphatic rings. The Labute approximate surface area is 223 Å². The average Bonchev–Trinajstić information content (AvgIpc) is 2.91. The minimum atomic E-state index is -2.86. The number of methoxy groups -OCH3 is 1. The van der Waals surface area contributed by atoms with Crippen molar-refractivity contribution in [3.05, 3.63) is 89.5 Å². The average molecular weight is 524 g/mol. The van der Waals surface area contributed by atoms with E-state index in [4.69, 9.17) is 9.47 Å². The summed E-state index contributed by atoms with van der Waals surface area (Å²) >= 11 is 0. The van der Waals surface area contributed by atoms with Crippen LogP contribution in [0.5, 0.6) is 11.5 Å². The van der Waals surface area contributed by atoms with E-state index in [1.165, 1.54) is 5.56 Å². The lowest BCUT2D eigenvalue weighted by atomic mass is 10.0. The number of hydrogen-bond acceptors (Lipinski definition) is 4. The zero-order valence-electron chi connectivity index (χ0n) is 21.9. The van der Waals surface area contributed by atoms with E-state index in [0.29, 0.717) is 24.5 Å². The van der Waals surface area contributed by atoms with E-state index in [1.807, 2.05) is 60.4 Å². The van der Waals surface area contributed by atoms with Crippen molar-refractivity contribution in [1.82, 2.24) is 9.80 Å². The number of urea groups is 1. The fourth-order valence-electron chi connectivity index (χ4n) is 4.93. The molecule has 1 heterocycles. The molecule has 202 valence electrons. The van der Waals surface area contributed by atoms with Crippen molar-refractivity contribution < 1.29 is 23.0 Å². The highest BCUT2D eigenvalue weighted by atomic mass is 19.3. The number of para-hydroxylation sites is 1. The van der Waals surface area contributed by atoms with Gasteiger partial charge in [0, 0.05) is 37.8 Å². The summed E-state index contributed by atoms with van der Waals surface area (Å²) < 4.78 is 35.8. The quantitative estimate of drug-likeness (QED) is 0.337. The number of likely N-dealkylation sites (tertiary alicyclic amines) is 1. The lowest BCUT2D eigenvalue weighted by molar-refractivity contribution is -0.0508. The largest absolute Gasteiger partial charge is 0.495 e. The molecule has 0 radical (unpaired) electrons. The number of amides is 2. The summed E-state index contributed by atoms with van der Waals surface area (Å²) in [5, 5.41) is 3.07. The number of carbonyl (C=O) groups is 1. The Hall–Kier alpha value is -3.65. The summed E-state index contributed by atoms with van der Waals surface area (Å²) in [6, 6.07) is 22.7. The van der Waals surface area contributed by atoms with Gasteiger partial charge in [-0.3, -0.25) is 4.90 Å². The van der Waals surface area contributed by atoms with E-state index in [2.05, 4.69) is 22.3 Å². The Kier molecular flexibility index (Phi) is 9.54. The maximum atomic E-state index is 13.6. The summed E-state index contributed by atoms with van der Waals surface area (Å²) in [6.07, 6.45) is 2.31. The third-order valence-corrected chi connectivity index (χ3v) is 6.92. The molecule has 1 aliphatic heterocycles. The third-order valence-electron chi connectivity index (χ3n) is 6.92. The highest BCUT2D eigenvalue weighted by Gasteiger charge is 2.29.